The number of hydrogen-bond donors (Lipinski definition) is 2. The van der Waals surface area contributed by atoms with Gasteiger partial charge in [0, 0.05) is 17.4 Å². The molecule has 0 aliphatic heterocycles. The average molecular weight is 393 g/mol. The van der Waals surface area contributed by atoms with Gasteiger partial charge < -0.3 is 10.2 Å². The Balaban J connectivity index is 1.67. The maximum Gasteiger partial charge on any atom is 0.304 e. The highest BCUT2D eigenvalue weighted by atomic mass is 32.2. The number of carbonyl (C=O) groups excluding carboxylic acids is 1. The number of ketones is 1. The van der Waals surface area contributed by atoms with Gasteiger partial charge in [-0.3, -0.25) is 9.59 Å². The first-order valence-electron chi connectivity index (χ1n) is 10.5. The van der Waals surface area contributed by atoms with Crippen LogP contribution in [0.25, 0.3) is 0 Å². The smallest absolute Gasteiger partial charge is 0.304 e. The lowest BCUT2D eigenvalue weighted by molar-refractivity contribution is -0.136. The highest BCUT2D eigenvalue weighted by Gasteiger charge is 2.61. The molecule has 4 nitrogen and oxygen atoms in total. The molecule has 0 saturated heterocycles. The zero-order valence-corrected chi connectivity index (χ0v) is 17.3. The third kappa shape index (κ3) is 3.09. The summed E-state index contributed by atoms with van der Waals surface area (Å²) in [6, 6.07) is 0. The van der Waals surface area contributed by atoms with E-state index in [0.717, 1.165) is 38.5 Å². The van der Waals surface area contributed by atoms with Crippen LogP contribution in [0.1, 0.15) is 65.2 Å². The molecular formula is C22H32O4S. The molecule has 5 heteroatoms. The summed E-state index contributed by atoms with van der Waals surface area (Å²) in [6.45, 7) is 4.65. The zero-order valence-electron chi connectivity index (χ0n) is 16.4. The number of aliphatic hydroxyl groups is 1. The summed E-state index contributed by atoms with van der Waals surface area (Å²) in [6.07, 6.45) is 8.61. The topological polar surface area (TPSA) is 74.6 Å². The molecule has 0 radical (unpaired) electrons. The summed E-state index contributed by atoms with van der Waals surface area (Å²) in [5, 5.41) is 20.1. The number of allylic oxidation sites excluding steroid dienone is 1. The Labute approximate surface area is 166 Å². The molecule has 0 heterocycles. The Morgan fingerprint density at radius 2 is 2.00 bits per heavy atom. The van der Waals surface area contributed by atoms with Crippen molar-refractivity contribution >= 4 is 23.5 Å². The molecule has 0 aromatic rings. The van der Waals surface area contributed by atoms with Gasteiger partial charge in [0.05, 0.1) is 12.5 Å². The Kier molecular flexibility index (Phi) is 4.99. The fraction of sp³-hybridized carbons (Fsp3) is 0.818. The molecule has 150 valence electrons. The summed E-state index contributed by atoms with van der Waals surface area (Å²) in [4.78, 5) is 23.1. The van der Waals surface area contributed by atoms with Crippen LogP contribution in [0.5, 0.6) is 0 Å². The molecule has 27 heavy (non-hydrogen) atoms. The first-order valence-corrected chi connectivity index (χ1v) is 11.6. The number of fused-ring (bicyclic) bond motifs is 5. The van der Waals surface area contributed by atoms with Crippen molar-refractivity contribution < 1.29 is 19.8 Å². The van der Waals surface area contributed by atoms with Crippen molar-refractivity contribution in [1.82, 2.24) is 0 Å². The monoisotopic (exact) mass is 392 g/mol. The van der Waals surface area contributed by atoms with Crippen LogP contribution in [0.4, 0.5) is 0 Å². The Morgan fingerprint density at radius 3 is 2.74 bits per heavy atom. The van der Waals surface area contributed by atoms with Crippen molar-refractivity contribution in [2.75, 3.05) is 5.75 Å². The number of carbonyl (C=O) groups is 2. The van der Waals surface area contributed by atoms with Crippen molar-refractivity contribution in [3.8, 4) is 0 Å². The van der Waals surface area contributed by atoms with E-state index in [4.69, 9.17) is 5.11 Å². The summed E-state index contributed by atoms with van der Waals surface area (Å²) in [7, 11) is 0. The Bertz CT molecular complexity index is 673. The predicted molar refractivity (Wildman–Crippen MR) is 107 cm³/mol. The minimum absolute atomic E-state index is 0.00877. The molecule has 7 atom stereocenters. The maximum atomic E-state index is 12.1. The molecular weight excluding hydrogens is 360 g/mol. The first kappa shape index (κ1) is 19.5. The van der Waals surface area contributed by atoms with Gasteiger partial charge in [-0.25, -0.2) is 0 Å². The summed E-state index contributed by atoms with van der Waals surface area (Å²) in [5.41, 5.74) is 1.43. The van der Waals surface area contributed by atoms with Gasteiger partial charge in [-0.1, -0.05) is 19.4 Å². The van der Waals surface area contributed by atoms with Crippen LogP contribution >= 0.6 is 11.8 Å². The SMILES string of the molecule is C[C@]12CC[C@H]3[C@@H]([C@H](SCCC(=O)O)CC4=CC(=O)CC[C@@]43C)[C@@H]1CC[C@@H]2O. The van der Waals surface area contributed by atoms with E-state index < -0.39 is 5.97 Å². The largest absolute Gasteiger partial charge is 0.481 e. The average Bonchev–Trinajstić information content (AvgIpc) is 2.91. The van der Waals surface area contributed by atoms with Gasteiger partial charge in [0.15, 0.2) is 5.78 Å². The molecule has 0 unspecified atom stereocenters. The molecule has 4 rings (SSSR count). The van der Waals surface area contributed by atoms with Gasteiger partial charge in [-0.15, -0.1) is 0 Å². The van der Waals surface area contributed by atoms with Gasteiger partial charge in [0.1, 0.15) is 0 Å². The minimum atomic E-state index is -0.739. The number of rotatable bonds is 4. The number of aliphatic carboxylic acids is 1. The van der Waals surface area contributed by atoms with E-state index >= 15 is 0 Å². The molecule has 3 fully saturated rings. The van der Waals surface area contributed by atoms with E-state index in [2.05, 4.69) is 13.8 Å². The van der Waals surface area contributed by atoms with Crippen molar-refractivity contribution in [2.24, 2.45) is 28.6 Å². The van der Waals surface area contributed by atoms with Gasteiger partial charge >= 0.3 is 5.97 Å². The van der Waals surface area contributed by atoms with Gasteiger partial charge in [0.25, 0.3) is 0 Å². The van der Waals surface area contributed by atoms with E-state index in [1.165, 1.54) is 5.57 Å². The van der Waals surface area contributed by atoms with Crippen molar-refractivity contribution in [2.45, 2.75) is 76.6 Å². The molecule has 2 N–H and O–H groups in total. The fourth-order valence-electron chi connectivity index (χ4n) is 6.94. The third-order valence-electron chi connectivity index (χ3n) is 8.56. The van der Waals surface area contributed by atoms with Gasteiger partial charge in [-0.05, 0) is 73.2 Å². The molecule has 4 aliphatic carbocycles. The van der Waals surface area contributed by atoms with Crippen LogP contribution in [0.2, 0.25) is 0 Å². The van der Waals surface area contributed by atoms with Crippen LogP contribution in [0, 0.1) is 28.6 Å². The van der Waals surface area contributed by atoms with E-state index in [9.17, 15) is 14.7 Å². The maximum absolute atomic E-state index is 12.1. The Morgan fingerprint density at radius 1 is 1.22 bits per heavy atom. The van der Waals surface area contributed by atoms with E-state index in [0.29, 0.717) is 35.2 Å². The van der Waals surface area contributed by atoms with Gasteiger partial charge in [0.2, 0.25) is 0 Å². The molecule has 4 aliphatic rings. The lowest BCUT2D eigenvalue weighted by atomic mass is 9.47. The number of hydrogen-bond acceptors (Lipinski definition) is 4. The molecule has 0 spiro atoms. The van der Waals surface area contributed by atoms with Crippen LogP contribution in [-0.2, 0) is 9.59 Å². The normalized spacial score (nSPS) is 46.3. The van der Waals surface area contributed by atoms with Crippen LogP contribution in [0.3, 0.4) is 0 Å². The van der Waals surface area contributed by atoms with Gasteiger partial charge in [-0.2, -0.15) is 11.8 Å². The second-order valence-corrected chi connectivity index (χ2v) is 11.1. The van der Waals surface area contributed by atoms with Crippen LogP contribution in [-0.4, -0.2) is 39.1 Å². The molecule has 0 bridgehead atoms. The van der Waals surface area contributed by atoms with Crippen LogP contribution in [0.15, 0.2) is 11.6 Å². The molecule has 0 amide bonds. The predicted octanol–water partition coefficient (Wildman–Crippen LogP) is 4.07. The number of carboxylic acid groups (broad SMARTS) is 1. The second kappa shape index (κ2) is 6.91. The van der Waals surface area contributed by atoms with E-state index in [-0.39, 0.29) is 29.1 Å². The van der Waals surface area contributed by atoms with Crippen molar-refractivity contribution in [3.05, 3.63) is 11.6 Å². The van der Waals surface area contributed by atoms with E-state index in [1.54, 1.807) is 11.8 Å². The fourth-order valence-corrected chi connectivity index (χ4v) is 8.43. The molecule has 0 aromatic heterocycles. The standard InChI is InChI=1S/C22H32O4S/c1-21-8-5-14(23)11-13(21)12-17(27-10-7-19(25)26)20-15-3-4-18(24)22(15,2)9-6-16(20)21/h11,15-18,20,24H,3-10,12H2,1-2H3,(H,25,26)/t15-,16-,17+,18-,20-,21-,22-/m0/s1. The van der Waals surface area contributed by atoms with E-state index in [1.807, 2.05) is 6.08 Å². The van der Waals surface area contributed by atoms with Crippen LogP contribution < -0.4 is 0 Å². The first-order chi connectivity index (χ1) is 12.8. The third-order valence-corrected chi connectivity index (χ3v) is 9.91. The van der Waals surface area contributed by atoms with Crippen molar-refractivity contribution in [1.29, 1.82) is 0 Å². The number of thioether (sulfide) groups is 1. The van der Waals surface area contributed by atoms with Crippen molar-refractivity contribution in [3.63, 3.8) is 0 Å². The zero-order chi connectivity index (χ0) is 19.4. The highest BCUT2D eigenvalue weighted by molar-refractivity contribution is 7.99. The molecule has 3 saturated carbocycles. The highest BCUT2D eigenvalue weighted by Crippen LogP contribution is 2.66. The summed E-state index contributed by atoms with van der Waals surface area (Å²) < 4.78 is 0. The minimum Gasteiger partial charge on any atom is -0.481 e. The lowest BCUT2D eigenvalue weighted by Gasteiger charge is -2.60. The summed E-state index contributed by atoms with van der Waals surface area (Å²) >= 11 is 1.80. The quantitative estimate of drug-likeness (QED) is 0.754. The molecule has 0 aromatic carbocycles. The number of aliphatic hydroxyl groups excluding tert-OH is 1. The number of carboxylic acids is 1. The Hall–Kier alpha value is -0.810. The summed E-state index contributed by atoms with van der Waals surface area (Å²) in [5.74, 6) is 1.74. The second-order valence-electron chi connectivity index (χ2n) is 9.74. The lowest BCUT2D eigenvalue weighted by Crippen LogP contribution is -2.55.